The van der Waals surface area contributed by atoms with Crippen LogP contribution in [0, 0.1) is 17.8 Å². The molecule has 2 aliphatic carbocycles. The van der Waals surface area contributed by atoms with Crippen molar-refractivity contribution in [3.63, 3.8) is 0 Å². The van der Waals surface area contributed by atoms with Crippen LogP contribution < -0.4 is 0 Å². The molecule has 3 rings (SSSR count). The Bertz CT molecular complexity index is 485. The van der Waals surface area contributed by atoms with Crippen LogP contribution in [0.3, 0.4) is 0 Å². The largest absolute Gasteiger partial charge is 0.376 e. The summed E-state index contributed by atoms with van der Waals surface area (Å²) in [5.41, 5.74) is 1.20. The molecule has 2 aliphatic rings. The Labute approximate surface area is 122 Å². The molecule has 4 atom stereocenters. The number of carbonyl (C=O) groups excluding carboxylic acids is 1. The van der Waals surface area contributed by atoms with Crippen LogP contribution in [0.4, 0.5) is 0 Å². The molecular weight excluding hydrogens is 304 g/mol. The number of hydrogen-bond acceptors (Lipinski definition) is 2. The van der Waals surface area contributed by atoms with E-state index in [0.717, 1.165) is 19.3 Å². The Kier molecular flexibility index (Phi) is 3.59. The minimum atomic E-state index is -0.354. The lowest BCUT2D eigenvalue weighted by atomic mass is 9.92. The van der Waals surface area contributed by atoms with Crippen LogP contribution in [0.25, 0.3) is 0 Å². The van der Waals surface area contributed by atoms with Crippen molar-refractivity contribution in [2.24, 2.45) is 17.8 Å². The highest BCUT2D eigenvalue weighted by Gasteiger charge is 2.53. The summed E-state index contributed by atoms with van der Waals surface area (Å²) < 4.78 is 5.49. The van der Waals surface area contributed by atoms with E-state index in [1.807, 2.05) is 18.2 Å². The number of carbonyl (C=O) groups is 1. The number of alkyl halides is 1. The lowest BCUT2D eigenvalue weighted by Gasteiger charge is -2.23. The van der Waals surface area contributed by atoms with Gasteiger partial charge in [-0.1, -0.05) is 58.4 Å². The van der Waals surface area contributed by atoms with E-state index in [9.17, 15) is 4.79 Å². The van der Waals surface area contributed by atoms with Crippen LogP contribution in [-0.2, 0) is 16.1 Å². The second-order valence-electron chi connectivity index (χ2n) is 5.49. The van der Waals surface area contributed by atoms with Crippen LogP contribution in [0.15, 0.2) is 42.5 Å². The number of fused-ring (bicyclic) bond motifs is 2. The Morgan fingerprint density at radius 3 is 2.79 bits per heavy atom. The first-order chi connectivity index (χ1) is 9.23. The Morgan fingerprint density at radius 2 is 2.11 bits per heavy atom. The molecule has 1 aromatic carbocycles. The number of ether oxygens (including phenoxy) is 1. The molecule has 0 radical (unpaired) electrons. The van der Waals surface area contributed by atoms with Crippen molar-refractivity contribution in [3.05, 3.63) is 48.0 Å². The van der Waals surface area contributed by atoms with Gasteiger partial charge in [-0.3, -0.25) is 0 Å². The quantitative estimate of drug-likeness (QED) is 0.472. The summed E-state index contributed by atoms with van der Waals surface area (Å²) in [6, 6.07) is 10.2. The van der Waals surface area contributed by atoms with Crippen LogP contribution in [0.5, 0.6) is 0 Å². The van der Waals surface area contributed by atoms with Gasteiger partial charge in [-0.25, -0.2) is 0 Å². The van der Waals surface area contributed by atoms with E-state index in [-0.39, 0.29) is 10.2 Å². The Morgan fingerprint density at radius 1 is 1.32 bits per heavy atom. The minimum absolute atomic E-state index is 0.283. The van der Waals surface area contributed by atoms with Crippen LogP contribution in [0.2, 0.25) is 0 Å². The summed E-state index contributed by atoms with van der Waals surface area (Å²) in [5.74, 6) is 1.20. The van der Waals surface area contributed by atoms with Gasteiger partial charge in [-0.05, 0) is 23.8 Å². The highest BCUT2D eigenvalue weighted by Crippen LogP contribution is 2.53. The third kappa shape index (κ3) is 2.41. The summed E-state index contributed by atoms with van der Waals surface area (Å²) in [6.07, 6.45) is 6.38. The van der Waals surface area contributed by atoms with Crippen molar-refractivity contribution < 1.29 is 9.53 Å². The topological polar surface area (TPSA) is 26.3 Å². The second kappa shape index (κ2) is 5.22. The van der Waals surface area contributed by atoms with Gasteiger partial charge in [0.15, 0.2) is 0 Å². The van der Waals surface area contributed by atoms with E-state index >= 15 is 0 Å². The van der Waals surface area contributed by atoms with Crippen LogP contribution in [0.1, 0.15) is 12.0 Å². The molecule has 1 saturated carbocycles. The zero-order chi connectivity index (χ0) is 13.3. The molecule has 0 spiro atoms. The van der Waals surface area contributed by atoms with E-state index in [0.29, 0.717) is 18.4 Å². The molecular formula is C16H17BrO2. The molecule has 0 aliphatic heterocycles. The lowest BCUT2D eigenvalue weighted by Crippen LogP contribution is -2.30. The summed E-state index contributed by atoms with van der Waals surface area (Å²) >= 11 is 3.60. The number of benzene rings is 1. The predicted molar refractivity (Wildman–Crippen MR) is 78.0 cm³/mol. The summed E-state index contributed by atoms with van der Waals surface area (Å²) in [6.45, 7) is 1.37. The van der Waals surface area contributed by atoms with Crippen LogP contribution in [-0.4, -0.2) is 17.2 Å². The van der Waals surface area contributed by atoms with Crippen molar-refractivity contribution in [1.82, 2.24) is 0 Å². The van der Waals surface area contributed by atoms with Gasteiger partial charge in [0.1, 0.15) is 6.29 Å². The monoisotopic (exact) mass is 320 g/mol. The predicted octanol–water partition coefficient (Wildman–Crippen LogP) is 3.36. The second-order valence-corrected chi connectivity index (χ2v) is 6.96. The number of halogens is 1. The third-order valence-corrected chi connectivity index (χ3v) is 5.34. The van der Waals surface area contributed by atoms with E-state index < -0.39 is 0 Å². The van der Waals surface area contributed by atoms with Crippen molar-refractivity contribution in [3.8, 4) is 0 Å². The maximum Gasteiger partial charge on any atom is 0.137 e. The van der Waals surface area contributed by atoms with Gasteiger partial charge in [0.25, 0.3) is 0 Å². The first-order valence-electron chi connectivity index (χ1n) is 6.68. The molecule has 0 N–H and O–H groups in total. The standard InChI is InChI=1S/C16H17BrO2/c17-16(11-18)8-13-6-7-15(16)14(13)10-19-9-12-4-2-1-3-5-12/h1-7,11,13-15H,8-10H2. The maximum atomic E-state index is 11.2. The van der Waals surface area contributed by atoms with Crippen molar-refractivity contribution >= 4 is 22.2 Å². The molecule has 1 fully saturated rings. The summed E-state index contributed by atoms with van der Waals surface area (Å²) in [7, 11) is 0. The van der Waals surface area contributed by atoms with Gasteiger partial charge in [-0.2, -0.15) is 0 Å². The fourth-order valence-electron chi connectivity index (χ4n) is 3.29. The van der Waals surface area contributed by atoms with E-state index in [4.69, 9.17) is 4.74 Å². The SMILES string of the molecule is O=CC1(Br)CC2C=CC1C2COCc1ccccc1. The lowest BCUT2D eigenvalue weighted by molar-refractivity contribution is -0.110. The normalized spacial score (nSPS) is 35.7. The van der Waals surface area contributed by atoms with Gasteiger partial charge < -0.3 is 9.53 Å². The Hall–Kier alpha value is -0.930. The molecule has 0 saturated heterocycles. The van der Waals surface area contributed by atoms with Crippen molar-refractivity contribution in [1.29, 1.82) is 0 Å². The number of allylic oxidation sites excluding steroid dienone is 2. The average Bonchev–Trinajstić information content (AvgIpc) is 2.95. The van der Waals surface area contributed by atoms with Gasteiger partial charge in [0, 0.05) is 5.92 Å². The van der Waals surface area contributed by atoms with Gasteiger partial charge in [-0.15, -0.1) is 0 Å². The highest BCUT2D eigenvalue weighted by atomic mass is 79.9. The van der Waals surface area contributed by atoms with Gasteiger partial charge in [0.2, 0.25) is 0 Å². The zero-order valence-corrected chi connectivity index (χ0v) is 12.3. The summed E-state index contributed by atoms with van der Waals surface area (Å²) in [5, 5.41) is 0. The molecule has 19 heavy (non-hydrogen) atoms. The van der Waals surface area contributed by atoms with Gasteiger partial charge >= 0.3 is 0 Å². The first-order valence-corrected chi connectivity index (χ1v) is 7.47. The number of aldehydes is 1. The van der Waals surface area contributed by atoms with Gasteiger partial charge in [0.05, 0.1) is 17.5 Å². The molecule has 2 nitrogen and oxygen atoms in total. The third-order valence-electron chi connectivity index (χ3n) is 4.30. The van der Waals surface area contributed by atoms with E-state index in [1.165, 1.54) is 5.56 Å². The first kappa shape index (κ1) is 13.1. The molecule has 0 heterocycles. The molecule has 2 bridgehead atoms. The highest BCUT2D eigenvalue weighted by molar-refractivity contribution is 9.10. The molecule has 100 valence electrons. The number of rotatable bonds is 5. The zero-order valence-electron chi connectivity index (χ0n) is 10.7. The molecule has 0 aromatic heterocycles. The Balaban J connectivity index is 1.56. The van der Waals surface area contributed by atoms with E-state index in [2.05, 4.69) is 40.2 Å². The maximum absolute atomic E-state index is 11.2. The molecule has 0 amide bonds. The molecule has 4 unspecified atom stereocenters. The smallest absolute Gasteiger partial charge is 0.137 e. The molecule has 3 heteroatoms. The number of hydrogen-bond donors (Lipinski definition) is 0. The van der Waals surface area contributed by atoms with E-state index in [1.54, 1.807) is 0 Å². The fraction of sp³-hybridized carbons (Fsp3) is 0.438. The van der Waals surface area contributed by atoms with Crippen molar-refractivity contribution in [2.45, 2.75) is 17.4 Å². The average molecular weight is 321 g/mol. The fourth-order valence-corrected chi connectivity index (χ4v) is 4.15. The van der Waals surface area contributed by atoms with Crippen LogP contribution >= 0.6 is 15.9 Å². The van der Waals surface area contributed by atoms with Crippen molar-refractivity contribution in [2.75, 3.05) is 6.61 Å². The summed E-state index contributed by atoms with van der Waals surface area (Å²) in [4.78, 5) is 11.2. The minimum Gasteiger partial charge on any atom is -0.376 e. The molecule has 1 aromatic rings.